The number of nitrogens with zero attached hydrogens (tertiary/aromatic N) is 5. The number of benzene rings is 1. The molecule has 2 aromatic heterocycles. The normalized spacial score (nSPS) is 14.2. The Labute approximate surface area is 193 Å². The van der Waals surface area contributed by atoms with Gasteiger partial charge in [0.25, 0.3) is 11.8 Å². The van der Waals surface area contributed by atoms with Crippen LogP contribution in [-0.2, 0) is 0 Å². The minimum atomic E-state index is -0.343. The molecule has 0 bridgehead atoms. The molecule has 1 aromatic carbocycles. The fourth-order valence-electron chi connectivity index (χ4n) is 3.83. The van der Waals surface area contributed by atoms with Crippen LogP contribution in [0.1, 0.15) is 32.1 Å². The monoisotopic (exact) mass is 448 g/mol. The smallest absolute Gasteiger partial charge is 0.257 e. The molecule has 3 heterocycles. The van der Waals surface area contributed by atoms with Gasteiger partial charge in [-0.3, -0.25) is 9.59 Å². The van der Waals surface area contributed by atoms with Crippen molar-refractivity contribution in [3.63, 3.8) is 0 Å². The van der Waals surface area contributed by atoms with Gasteiger partial charge in [0.1, 0.15) is 5.75 Å². The summed E-state index contributed by atoms with van der Waals surface area (Å²) in [5.74, 6) is 0.710. The second-order valence-electron chi connectivity index (χ2n) is 8.21. The fourth-order valence-corrected chi connectivity index (χ4v) is 3.83. The van der Waals surface area contributed by atoms with Gasteiger partial charge in [0.2, 0.25) is 0 Å². The zero-order valence-corrected chi connectivity index (χ0v) is 19.3. The fraction of sp³-hybridized carbons (Fsp3) is 0.333. The number of rotatable bonds is 5. The van der Waals surface area contributed by atoms with E-state index in [9.17, 15) is 9.59 Å². The Bertz CT molecular complexity index is 1160. The molecule has 0 atom stereocenters. The number of ether oxygens (including phenoxy) is 1. The van der Waals surface area contributed by atoms with E-state index in [-0.39, 0.29) is 11.8 Å². The van der Waals surface area contributed by atoms with Gasteiger partial charge in [-0.15, -0.1) is 0 Å². The molecule has 3 aromatic rings. The van der Waals surface area contributed by atoms with Gasteiger partial charge in [0.15, 0.2) is 5.82 Å². The van der Waals surface area contributed by atoms with E-state index >= 15 is 0 Å². The summed E-state index contributed by atoms with van der Waals surface area (Å²) in [5.41, 5.74) is 3.19. The van der Waals surface area contributed by atoms with Gasteiger partial charge >= 0.3 is 0 Å². The van der Waals surface area contributed by atoms with Crippen molar-refractivity contribution in [3.05, 3.63) is 65.1 Å². The average Bonchev–Trinajstić information content (AvgIpc) is 3.17. The third-order valence-electron chi connectivity index (χ3n) is 5.72. The summed E-state index contributed by atoms with van der Waals surface area (Å²) >= 11 is 0. The largest absolute Gasteiger partial charge is 0.495 e. The summed E-state index contributed by atoms with van der Waals surface area (Å²) in [5, 5.41) is 7.27. The molecule has 4 rings (SSSR count). The Hall–Kier alpha value is -3.72. The van der Waals surface area contributed by atoms with Gasteiger partial charge in [-0.1, -0.05) is 0 Å². The van der Waals surface area contributed by atoms with E-state index in [0.29, 0.717) is 41.5 Å². The van der Waals surface area contributed by atoms with Crippen molar-refractivity contribution in [1.82, 2.24) is 24.6 Å². The highest BCUT2D eigenvalue weighted by atomic mass is 16.5. The number of likely N-dealkylation sites (N-methyl/N-ethyl adjacent to an activating group) is 1. The average molecular weight is 449 g/mol. The number of carbonyl (C=O) groups excluding carboxylic acids is 2. The highest BCUT2D eigenvalue weighted by molar-refractivity contribution is 6.06. The maximum atomic E-state index is 13.0. The number of nitrogens with one attached hydrogen (secondary N) is 1. The molecule has 1 N–H and O–H groups in total. The molecule has 2 amide bonds. The molecule has 1 saturated heterocycles. The molecule has 0 aliphatic carbocycles. The van der Waals surface area contributed by atoms with Crippen LogP contribution in [0.15, 0.2) is 42.6 Å². The van der Waals surface area contributed by atoms with Crippen LogP contribution in [0.3, 0.4) is 0 Å². The lowest BCUT2D eigenvalue weighted by Crippen LogP contribution is -2.47. The minimum absolute atomic E-state index is 0.0582. The van der Waals surface area contributed by atoms with Gasteiger partial charge in [-0.25, -0.2) is 9.67 Å². The first-order valence-corrected chi connectivity index (χ1v) is 10.8. The lowest BCUT2D eigenvalue weighted by molar-refractivity contribution is 0.0664. The van der Waals surface area contributed by atoms with E-state index in [1.54, 1.807) is 35.0 Å². The van der Waals surface area contributed by atoms with Crippen LogP contribution in [0.2, 0.25) is 0 Å². The van der Waals surface area contributed by atoms with Gasteiger partial charge in [-0.05, 0) is 57.3 Å². The Morgan fingerprint density at radius 1 is 1.00 bits per heavy atom. The van der Waals surface area contributed by atoms with Gasteiger partial charge in [0.05, 0.1) is 24.1 Å². The number of amides is 2. The number of anilines is 1. The summed E-state index contributed by atoms with van der Waals surface area (Å²) in [6.07, 6.45) is 1.51. The van der Waals surface area contributed by atoms with E-state index < -0.39 is 0 Å². The SMILES string of the molecule is COc1ccc(C(=O)N2CCN(C)CC2)cc1NC(=O)c1ccc(-n2nc(C)cc2C)nc1. The van der Waals surface area contributed by atoms with Crippen LogP contribution in [0.5, 0.6) is 5.75 Å². The zero-order chi connectivity index (χ0) is 23.5. The van der Waals surface area contributed by atoms with Crippen molar-refractivity contribution in [2.45, 2.75) is 13.8 Å². The number of hydrogen-bond donors (Lipinski definition) is 1. The molecule has 9 heteroatoms. The van der Waals surface area contributed by atoms with Crippen molar-refractivity contribution < 1.29 is 14.3 Å². The lowest BCUT2D eigenvalue weighted by atomic mass is 10.1. The first-order valence-electron chi connectivity index (χ1n) is 10.8. The van der Waals surface area contributed by atoms with Crippen LogP contribution in [0.25, 0.3) is 5.82 Å². The van der Waals surface area contributed by atoms with E-state index in [0.717, 1.165) is 24.5 Å². The minimum Gasteiger partial charge on any atom is -0.495 e. The number of aromatic nitrogens is 3. The van der Waals surface area contributed by atoms with Crippen LogP contribution in [0, 0.1) is 13.8 Å². The predicted molar refractivity (Wildman–Crippen MR) is 125 cm³/mol. The molecule has 0 radical (unpaired) electrons. The van der Waals surface area contributed by atoms with E-state index in [1.807, 2.05) is 31.9 Å². The quantitative estimate of drug-likeness (QED) is 0.645. The summed E-state index contributed by atoms with van der Waals surface area (Å²) in [6, 6.07) is 10.5. The number of methoxy groups -OCH3 is 1. The Morgan fingerprint density at radius 3 is 2.33 bits per heavy atom. The molecular weight excluding hydrogens is 420 g/mol. The maximum absolute atomic E-state index is 13.0. The first kappa shape index (κ1) is 22.5. The van der Waals surface area contributed by atoms with Crippen LogP contribution in [-0.4, -0.2) is 76.7 Å². The third-order valence-corrected chi connectivity index (χ3v) is 5.72. The number of hydrogen-bond acceptors (Lipinski definition) is 6. The zero-order valence-electron chi connectivity index (χ0n) is 19.3. The summed E-state index contributed by atoms with van der Waals surface area (Å²) < 4.78 is 7.12. The number of pyridine rings is 1. The van der Waals surface area contributed by atoms with Crippen LogP contribution < -0.4 is 10.1 Å². The molecular formula is C24H28N6O3. The van der Waals surface area contributed by atoms with E-state index in [1.165, 1.54) is 13.3 Å². The second-order valence-corrected chi connectivity index (χ2v) is 8.21. The van der Waals surface area contributed by atoms with Crippen molar-refractivity contribution in [1.29, 1.82) is 0 Å². The Balaban J connectivity index is 1.51. The molecule has 1 aliphatic heterocycles. The second kappa shape index (κ2) is 9.41. The molecule has 0 saturated carbocycles. The molecule has 9 nitrogen and oxygen atoms in total. The first-order chi connectivity index (χ1) is 15.9. The van der Waals surface area contributed by atoms with E-state index in [4.69, 9.17) is 4.74 Å². The number of piperazine rings is 1. The number of aryl methyl sites for hydroxylation is 2. The molecule has 33 heavy (non-hydrogen) atoms. The molecule has 1 fully saturated rings. The molecule has 0 unspecified atom stereocenters. The number of carbonyl (C=O) groups is 2. The lowest BCUT2D eigenvalue weighted by Gasteiger charge is -2.32. The summed E-state index contributed by atoms with van der Waals surface area (Å²) in [4.78, 5) is 34.2. The summed E-state index contributed by atoms with van der Waals surface area (Å²) in [7, 11) is 3.57. The van der Waals surface area contributed by atoms with Gasteiger partial charge in [0, 0.05) is 43.6 Å². The maximum Gasteiger partial charge on any atom is 0.257 e. The molecule has 1 aliphatic rings. The Morgan fingerprint density at radius 2 is 1.73 bits per heavy atom. The highest BCUT2D eigenvalue weighted by Gasteiger charge is 2.22. The van der Waals surface area contributed by atoms with Crippen LogP contribution >= 0.6 is 0 Å². The van der Waals surface area contributed by atoms with Gasteiger partial charge in [-0.2, -0.15) is 5.10 Å². The third kappa shape index (κ3) is 4.88. The molecule has 0 spiro atoms. The molecule has 172 valence electrons. The Kier molecular flexibility index (Phi) is 6.41. The predicted octanol–water partition coefficient (Wildman–Crippen LogP) is 2.53. The van der Waals surface area contributed by atoms with Gasteiger partial charge < -0.3 is 19.9 Å². The van der Waals surface area contributed by atoms with Crippen molar-refractivity contribution in [2.24, 2.45) is 0 Å². The highest BCUT2D eigenvalue weighted by Crippen LogP contribution is 2.27. The van der Waals surface area contributed by atoms with Crippen molar-refractivity contribution in [3.8, 4) is 11.6 Å². The van der Waals surface area contributed by atoms with Crippen LogP contribution in [0.4, 0.5) is 5.69 Å². The topological polar surface area (TPSA) is 92.6 Å². The summed E-state index contributed by atoms with van der Waals surface area (Å²) in [6.45, 7) is 6.90. The van der Waals surface area contributed by atoms with Crippen molar-refractivity contribution >= 4 is 17.5 Å². The van der Waals surface area contributed by atoms with Crippen molar-refractivity contribution in [2.75, 3.05) is 45.7 Å². The van der Waals surface area contributed by atoms with E-state index in [2.05, 4.69) is 20.3 Å². The standard InChI is InChI=1S/C24H28N6O3/c1-16-13-17(2)30(27-16)22-8-6-19(15-25-22)23(31)26-20-14-18(5-7-21(20)33-4)24(32)29-11-9-28(3)10-12-29/h5-8,13-15H,9-12H2,1-4H3,(H,26,31).